The molecule has 0 saturated carbocycles. The second-order valence-corrected chi connectivity index (χ2v) is 5.38. The number of hydrogen-bond acceptors (Lipinski definition) is 4. The highest BCUT2D eigenvalue weighted by Gasteiger charge is 2.19. The van der Waals surface area contributed by atoms with E-state index in [2.05, 4.69) is 5.32 Å². The van der Waals surface area contributed by atoms with Crippen molar-refractivity contribution in [2.24, 2.45) is 0 Å². The molecule has 0 spiro atoms. The molecule has 6 nitrogen and oxygen atoms in total. The van der Waals surface area contributed by atoms with E-state index in [9.17, 15) is 9.59 Å². The van der Waals surface area contributed by atoms with Gasteiger partial charge in [-0.05, 0) is 31.2 Å². The smallest absolute Gasteiger partial charge is 0.257 e. The summed E-state index contributed by atoms with van der Waals surface area (Å²) in [5, 5.41) is 3.15. The van der Waals surface area contributed by atoms with E-state index >= 15 is 0 Å². The van der Waals surface area contributed by atoms with E-state index in [1.54, 1.807) is 38.2 Å². The third kappa shape index (κ3) is 4.04. The molecule has 1 N–H and O–H groups in total. The van der Waals surface area contributed by atoms with Gasteiger partial charge in [0, 0.05) is 12.1 Å². The van der Waals surface area contributed by atoms with Gasteiger partial charge in [0.1, 0.15) is 11.5 Å². The fraction of sp³-hybridized carbons (Fsp3) is 0.250. The molecular formula is C16H17ClN2O4. The summed E-state index contributed by atoms with van der Waals surface area (Å²) in [6.07, 6.45) is 1.44. The van der Waals surface area contributed by atoms with Gasteiger partial charge in [0.15, 0.2) is 0 Å². The van der Waals surface area contributed by atoms with Crippen LogP contribution in [0.4, 0.5) is 5.69 Å². The molecule has 0 saturated heterocycles. The Hall–Kier alpha value is -2.47. The van der Waals surface area contributed by atoms with Crippen LogP contribution in [-0.2, 0) is 4.79 Å². The molecule has 0 radical (unpaired) electrons. The third-order valence-electron chi connectivity index (χ3n) is 3.25. The molecule has 0 aliphatic heterocycles. The number of amides is 2. The molecule has 1 heterocycles. The maximum Gasteiger partial charge on any atom is 0.257 e. The van der Waals surface area contributed by atoms with Crippen LogP contribution in [0.25, 0.3) is 0 Å². The fourth-order valence-corrected chi connectivity index (χ4v) is 2.24. The quantitative estimate of drug-likeness (QED) is 0.911. The molecule has 1 aromatic carbocycles. The molecule has 2 aromatic rings. The van der Waals surface area contributed by atoms with Gasteiger partial charge in [0.2, 0.25) is 5.91 Å². The van der Waals surface area contributed by atoms with Gasteiger partial charge >= 0.3 is 0 Å². The Morgan fingerprint density at radius 1 is 1.35 bits per heavy atom. The molecule has 0 atom stereocenters. The van der Waals surface area contributed by atoms with Gasteiger partial charge in [-0.15, -0.1) is 0 Å². The number of anilines is 1. The van der Waals surface area contributed by atoms with Gasteiger partial charge in [-0.3, -0.25) is 9.59 Å². The summed E-state index contributed by atoms with van der Waals surface area (Å²) in [5.74, 6) is 0.355. The summed E-state index contributed by atoms with van der Waals surface area (Å²) in [6, 6.07) is 6.47. The number of nitrogens with one attached hydrogen (secondary N) is 1. The van der Waals surface area contributed by atoms with Crippen molar-refractivity contribution < 1.29 is 18.7 Å². The highest BCUT2D eigenvalue weighted by Crippen LogP contribution is 2.27. The zero-order valence-corrected chi connectivity index (χ0v) is 13.8. The number of carbonyl (C=O) groups excluding carboxylic acids is 2. The lowest BCUT2D eigenvalue weighted by atomic mass is 10.2. The molecule has 0 aliphatic rings. The van der Waals surface area contributed by atoms with E-state index in [0.717, 1.165) is 0 Å². The Morgan fingerprint density at radius 2 is 2.09 bits per heavy atom. The highest BCUT2D eigenvalue weighted by molar-refractivity contribution is 6.31. The average molecular weight is 337 g/mol. The zero-order valence-electron chi connectivity index (χ0n) is 13.1. The van der Waals surface area contributed by atoms with Crippen molar-refractivity contribution in [3.05, 3.63) is 46.9 Å². The molecule has 2 amide bonds. The average Bonchev–Trinajstić information content (AvgIpc) is 2.92. The SMILES string of the molecule is COc1ccc(Cl)cc1NC(=O)CN(C)C(=O)c1ccoc1C. The van der Waals surface area contributed by atoms with Gasteiger partial charge < -0.3 is 19.4 Å². The van der Waals surface area contributed by atoms with Gasteiger partial charge in [-0.2, -0.15) is 0 Å². The highest BCUT2D eigenvalue weighted by atomic mass is 35.5. The van der Waals surface area contributed by atoms with Crippen LogP contribution >= 0.6 is 11.6 Å². The van der Waals surface area contributed by atoms with Crippen molar-refractivity contribution in [3.8, 4) is 5.75 Å². The molecule has 0 aliphatic carbocycles. The predicted octanol–water partition coefficient (Wildman–Crippen LogP) is 2.96. The van der Waals surface area contributed by atoms with Crippen molar-refractivity contribution in [2.75, 3.05) is 26.0 Å². The van der Waals surface area contributed by atoms with Crippen LogP contribution in [0.3, 0.4) is 0 Å². The van der Waals surface area contributed by atoms with Crippen LogP contribution in [0.15, 0.2) is 34.9 Å². The standard InChI is InChI=1S/C16H17ClN2O4/c1-10-12(6-7-23-10)16(21)19(2)9-15(20)18-13-8-11(17)4-5-14(13)22-3/h4-8H,9H2,1-3H3,(H,18,20). The minimum atomic E-state index is -0.359. The third-order valence-corrected chi connectivity index (χ3v) is 3.49. The number of halogens is 1. The molecule has 7 heteroatoms. The van der Waals surface area contributed by atoms with Crippen LogP contribution in [0.2, 0.25) is 5.02 Å². The minimum Gasteiger partial charge on any atom is -0.495 e. The van der Waals surface area contributed by atoms with Crippen molar-refractivity contribution in [2.45, 2.75) is 6.92 Å². The lowest BCUT2D eigenvalue weighted by molar-refractivity contribution is -0.116. The molecular weight excluding hydrogens is 320 g/mol. The molecule has 0 unspecified atom stereocenters. The number of furan rings is 1. The number of benzene rings is 1. The normalized spacial score (nSPS) is 10.3. The lowest BCUT2D eigenvalue weighted by Crippen LogP contribution is -2.35. The number of rotatable bonds is 5. The van der Waals surface area contributed by atoms with Crippen LogP contribution in [0.1, 0.15) is 16.1 Å². The van der Waals surface area contributed by atoms with Crippen LogP contribution in [0, 0.1) is 6.92 Å². The summed E-state index contributed by atoms with van der Waals surface area (Å²) in [5.41, 5.74) is 0.881. The lowest BCUT2D eigenvalue weighted by Gasteiger charge is -2.17. The number of methoxy groups -OCH3 is 1. The summed E-state index contributed by atoms with van der Waals surface area (Å²) >= 11 is 5.92. The first-order valence-electron chi connectivity index (χ1n) is 6.85. The fourth-order valence-electron chi connectivity index (χ4n) is 2.07. The van der Waals surface area contributed by atoms with E-state index in [1.165, 1.54) is 18.3 Å². The summed E-state index contributed by atoms with van der Waals surface area (Å²) in [4.78, 5) is 25.7. The first-order chi connectivity index (χ1) is 10.9. The Morgan fingerprint density at radius 3 is 2.70 bits per heavy atom. The van der Waals surface area contributed by atoms with E-state index in [-0.39, 0.29) is 18.4 Å². The Balaban J connectivity index is 2.03. The minimum absolute atomic E-state index is 0.112. The van der Waals surface area contributed by atoms with Gasteiger partial charge in [0.25, 0.3) is 5.91 Å². The Kier molecular flexibility index (Phi) is 5.28. The molecule has 1 aromatic heterocycles. The molecule has 0 fully saturated rings. The number of likely N-dealkylation sites (N-methyl/N-ethyl adjacent to an activating group) is 1. The zero-order chi connectivity index (χ0) is 17.0. The summed E-state index contributed by atoms with van der Waals surface area (Å²) < 4.78 is 10.3. The molecule has 23 heavy (non-hydrogen) atoms. The van der Waals surface area contributed by atoms with Gasteiger partial charge in [-0.1, -0.05) is 11.6 Å². The number of carbonyl (C=O) groups is 2. The Labute approximate surface area is 139 Å². The molecule has 0 bridgehead atoms. The maximum atomic E-state index is 12.2. The van der Waals surface area contributed by atoms with Crippen molar-refractivity contribution in [3.63, 3.8) is 0 Å². The molecule has 2 rings (SSSR count). The number of nitrogens with zero attached hydrogens (tertiary/aromatic N) is 1. The Bertz CT molecular complexity index is 727. The van der Waals surface area contributed by atoms with Crippen molar-refractivity contribution in [1.29, 1.82) is 0 Å². The predicted molar refractivity (Wildman–Crippen MR) is 87.0 cm³/mol. The second-order valence-electron chi connectivity index (χ2n) is 4.94. The monoisotopic (exact) mass is 336 g/mol. The van der Waals surface area contributed by atoms with E-state index < -0.39 is 0 Å². The summed E-state index contributed by atoms with van der Waals surface area (Å²) in [7, 11) is 3.04. The first kappa shape index (κ1) is 16.9. The van der Waals surface area contributed by atoms with Crippen LogP contribution in [0.5, 0.6) is 5.75 Å². The van der Waals surface area contributed by atoms with E-state index in [1.807, 2.05) is 0 Å². The number of aryl methyl sites for hydroxylation is 1. The second kappa shape index (κ2) is 7.19. The molecule has 122 valence electrons. The van der Waals surface area contributed by atoms with E-state index in [0.29, 0.717) is 27.8 Å². The number of ether oxygens (including phenoxy) is 1. The van der Waals surface area contributed by atoms with Gasteiger partial charge in [0.05, 0.1) is 31.2 Å². The van der Waals surface area contributed by atoms with E-state index in [4.69, 9.17) is 20.8 Å². The first-order valence-corrected chi connectivity index (χ1v) is 7.23. The maximum absolute atomic E-state index is 12.2. The number of hydrogen-bond donors (Lipinski definition) is 1. The van der Waals surface area contributed by atoms with Crippen molar-refractivity contribution in [1.82, 2.24) is 4.90 Å². The largest absolute Gasteiger partial charge is 0.495 e. The van der Waals surface area contributed by atoms with Crippen molar-refractivity contribution >= 4 is 29.1 Å². The summed E-state index contributed by atoms with van der Waals surface area (Å²) in [6.45, 7) is 1.58. The van der Waals surface area contributed by atoms with Gasteiger partial charge in [-0.25, -0.2) is 0 Å². The van der Waals surface area contributed by atoms with Crippen LogP contribution in [-0.4, -0.2) is 37.4 Å². The topological polar surface area (TPSA) is 71.8 Å². The van der Waals surface area contributed by atoms with Crippen LogP contribution < -0.4 is 10.1 Å².